The van der Waals surface area contributed by atoms with E-state index in [1.807, 2.05) is 53.4 Å². The molecular weight excluding hydrogens is 462 g/mol. The normalized spacial score (nSPS) is 17.2. The summed E-state index contributed by atoms with van der Waals surface area (Å²) < 4.78 is 1.84. The van der Waals surface area contributed by atoms with Gasteiger partial charge in [0.15, 0.2) is 5.82 Å². The smallest absolute Gasteiger partial charge is 0.162 e. The van der Waals surface area contributed by atoms with Crippen LogP contribution in [-0.4, -0.2) is 48.2 Å². The number of hydrogen-bond donors (Lipinski definition) is 3. The van der Waals surface area contributed by atoms with Gasteiger partial charge in [-0.2, -0.15) is 5.10 Å². The van der Waals surface area contributed by atoms with E-state index in [-0.39, 0.29) is 5.54 Å². The Bertz CT molecular complexity index is 1600. The van der Waals surface area contributed by atoms with Crippen molar-refractivity contribution in [3.63, 3.8) is 0 Å². The Kier molecular flexibility index (Phi) is 5.24. The van der Waals surface area contributed by atoms with Gasteiger partial charge in [-0.3, -0.25) is 4.98 Å². The quantitative estimate of drug-likeness (QED) is 0.308. The maximum absolute atomic E-state index is 5.12. The average Bonchev–Trinajstić information content (AvgIpc) is 3.66. The van der Waals surface area contributed by atoms with E-state index in [2.05, 4.69) is 37.9 Å². The highest BCUT2D eigenvalue weighted by Crippen LogP contribution is 2.44. The summed E-state index contributed by atoms with van der Waals surface area (Å²) in [5, 5.41) is 16.1. The van der Waals surface area contributed by atoms with Crippen molar-refractivity contribution < 1.29 is 0 Å². The Labute approximate surface area is 214 Å². The molecule has 1 aliphatic heterocycles. The highest BCUT2D eigenvalue weighted by atomic mass is 15.2. The van der Waals surface area contributed by atoms with Crippen molar-refractivity contribution in [2.75, 3.05) is 23.7 Å². The maximum Gasteiger partial charge on any atom is 0.162 e. The highest BCUT2D eigenvalue weighted by Gasteiger charge is 2.31. The Balaban J connectivity index is 1.28. The number of fused-ring (bicyclic) bond motifs is 2. The van der Waals surface area contributed by atoms with Crippen LogP contribution in [0.25, 0.3) is 27.8 Å². The maximum atomic E-state index is 5.12. The largest absolute Gasteiger partial charge is 0.364 e. The number of piperidine rings is 1. The molecule has 2 fully saturated rings. The van der Waals surface area contributed by atoms with E-state index in [0.29, 0.717) is 11.7 Å². The summed E-state index contributed by atoms with van der Waals surface area (Å²) in [7, 11) is 0. The molecule has 1 saturated carbocycles. The molecule has 7 rings (SSSR count). The Morgan fingerprint density at radius 3 is 2.78 bits per heavy atom. The van der Waals surface area contributed by atoms with Gasteiger partial charge in [0.1, 0.15) is 11.6 Å². The zero-order valence-electron chi connectivity index (χ0n) is 20.8. The van der Waals surface area contributed by atoms with Crippen molar-refractivity contribution in [1.82, 2.24) is 34.9 Å². The van der Waals surface area contributed by atoms with E-state index in [4.69, 9.17) is 9.97 Å². The first kappa shape index (κ1) is 22.1. The fraction of sp³-hybridized carbons (Fsp3) is 0.321. The van der Waals surface area contributed by atoms with Crippen molar-refractivity contribution in [2.24, 2.45) is 0 Å². The van der Waals surface area contributed by atoms with Crippen LogP contribution in [0.5, 0.6) is 0 Å². The summed E-state index contributed by atoms with van der Waals surface area (Å²) in [5.41, 5.74) is 4.96. The first-order valence-corrected chi connectivity index (χ1v) is 13.0. The molecule has 0 unspecified atom stereocenters. The zero-order valence-corrected chi connectivity index (χ0v) is 20.8. The van der Waals surface area contributed by atoms with Crippen LogP contribution in [0.1, 0.15) is 44.1 Å². The molecule has 3 N–H and O–H groups in total. The summed E-state index contributed by atoms with van der Waals surface area (Å²) in [6, 6.07) is 9.96. The van der Waals surface area contributed by atoms with Gasteiger partial charge in [-0.1, -0.05) is 0 Å². The second-order valence-electron chi connectivity index (χ2n) is 10.4. The van der Waals surface area contributed by atoms with Gasteiger partial charge in [0.05, 0.1) is 29.1 Å². The van der Waals surface area contributed by atoms with Gasteiger partial charge in [-0.15, -0.1) is 0 Å². The van der Waals surface area contributed by atoms with Crippen LogP contribution < -0.4 is 16.0 Å². The van der Waals surface area contributed by atoms with E-state index in [1.54, 1.807) is 12.4 Å². The third-order valence-electron chi connectivity index (χ3n) is 7.47. The van der Waals surface area contributed by atoms with Crippen LogP contribution in [-0.2, 0) is 0 Å². The minimum atomic E-state index is -0.0238. The summed E-state index contributed by atoms with van der Waals surface area (Å²) in [5.74, 6) is 2.84. The van der Waals surface area contributed by atoms with Gasteiger partial charge in [-0.05, 0) is 87.5 Å². The van der Waals surface area contributed by atoms with Gasteiger partial charge in [0.2, 0.25) is 0 Å². The SMILES string of the molecule is CC1(Nc2nc(-c3ccnc(Nc4ccc5ccnn5c4)c3)nc3cncc(C4CC4)c23)CCNCC1. The lowest BCUT2D eigenvalue weighted by molar-refractivity contribution is 0.364. The van der Waals surface area contributed by atoms with Crippen LogP contribution >= 0.6 is 0 Å². The van der Waals surface area contributed by atoms with E-state index in [9.17, 15) is 0 Å². The van der Waals surface area contributed by atoms with Crippen molar-refractivity contribution in [2.45, 2.75) is 44.1 Å². The van der Waals surface area contributed by atoms with Crippen molar-refractivity contribution >= 4 is 33.7 Å². The molecule has 2 aliphatic rings. The zero-order chi connectivity index (χ0) is 24.8. The molecule has 0 amide bonds. The lowest BCUT2D eigenvalue weighted by atomic mass is 9.90. The number of pyridine rings is 3. The predicted octanol–water partition coefficient (Wildman–Crippen LogP) is 4.91. The van der Waals surface area contributed by atoms with Gasteiger partial charge >= 0.3 is 0 Å². The molecule has 0 aromatic carbocycles. The molecule has 9 heteroatoms. The molecule has 6 heterocycles. The number of nitrogens with zero attached hydrogens (tertiary/aromatic N) is 6. The molecule has 0 bridgehead atoms. The monoisotopic (exact) mass is 491 g/mol. The number of rotatable bonds is 6. The van der Waals surface area contributed by atoms with Crippen LogP contribution in [0.3, 0.4) is 0 Å². The topological polar surface area (TPSA) is 105 Å². The Morgan fingerprint density at radius 1 is 1.03 bits per heavy atom. The van der Waals surface area contributed by atoms with Gasteiger partial charge in [0.25, 0.3) is 0 Å². The Hall–Kier alpha value is -4.11. The summed E-state index contributed by atoms with van der Waals surface area (Å²) in [6.45, 7) is 4.30. The lowest BCUT2D eigenvalue weighted by Crippen LogP contribution is -2.45. The molecule has 1 saturated heterocycles. The lowest BCUT2D eigenvalue weighted by Gasteiger charge is -2.36. The molecule has 9 nitrogen and oxygen atoms in total. The fourth-order valence-electron chi connectivity index (χ4n) is 5.20. The summed E-state index contributed by atoms with van der Waals surface area (Å²) in [6.07, 6.45) is 13.9. The van der Waals surface area contributed by atoms with Crippen LogP contribution in [0, 0.1) is 0 Å². The molecule has 0 spiro atoms. The molecular formula is C28H29N9. The van der Waals surface area contributed by atoms with Crippen molar-refractivity contribution in [3.05, 3.63) is 66.9 Å². The number of aromatic nitrogens is 6. The molecule has 0 atom stereocenters. The van der Waals surface area contributed by atoms with Crippen molar-refractivity contribution in [1.29, 1.82) is 0 Å². The fourth-order valence-corrected chi connectivity index (χ4v) is 5.20. The van der Waals surface area contributed by atoms with Gasteiger partial charge in [-0.25, -0.2) is 19.5 Å². The second-order valence-corrected chi connectivity index (χ2v) is 10.4. The second kappa shape index (κ2) is 8.77. The third kappa shape index (κ3) is 4.35. The first-order chi connectivity index (χ1) is 18.1. The number of nitrogens with one attached hydrogen (secondary N) is 3. The molecule has 0 radical (unpaired) electrons. The molecule has 1 aliphatic carbocycles. The van der Waals surface area contributed by atoms with Crippen molar-refractivity contribution in [3.8, 4) is 11.4 Å². The average molecular weight is 492 g/mol. The standard InChI is InChI=1S/C28H29N9/c1-28(8-12-29-13-9-28)36-27-25-22(18-2-3-18)15-30-16-23(25)34-26(35-27)19-6-10-31-24(14-19)33-20-4-5-21-7-11-32-37(21)17-20/h4-7,10-11,14-18,29H,2-3,8-9,12-13H2,1H3,(H,31,33)(H,34,35,36). The van der Waals surface area contributed by atoms with Crippen LogP contribution in [0.15, 0.2) is 61.3 Å². The van der Waals surface area contributed by atoms with Gasteiger partial charge < -0.3 is 16.0 Å². The number of anilines is 3. The van der Waals surface area contributed by atoms with E-state index >= 15 is 0 Å². The summed E-state index contributed by atoms with van der Waals surface area (Å²) in [4.78, 5) is 19.2. The molecule has 186 valence electrons. The third-order valence-corrected chi connectivity index (χ3v) is 7.47. The highest BCUT2D eigenvalue weighted by molar-refractivity contribution is 5.94. The Morgan fingerprint density at radius 2 is 1.92 bits per heavy atom. The van der Waals surface area contributed by atoms with E-state index < -0.39 is 0 Å². The minimum absolute atomic E-state index is 0.0238. The first-order valence-electron chi connectivity index (χ1n) is 13.0. The van der Waals surface area contributed by atoms with Crippen LogP contribution in [0.4, 0.5) is 17.3 Å². The van der Waals surface area contributed by atoms with Crippen LogP contribution in [0.2, 0.25) is 0 Å². The summed E-state index contributed by atoms with van der Waals surface area (Å²) >= 11 is 0. The van der Waals surface area contributed by atoms with Gasteiger partial charge in [0, 0.05) is 35.1 Å². The van der Waals surface area contributed by atoms with E-state index in [1.165, 1.54) is 18.4 Å². The minimum Gasteiger partial charge on any atom is -0.364 e. The molecule has 5 aromatic heterocycles. The predicted molar refractivity (Wildman–Crippen MR) is 145 cm³/mol. The molecule has 5 aromatic rings. The number of hydrogen-bond acceptors (Lipinski definition) is 8. The molecule has 37 heavy (non-hydrogen) atoms. The van der Waals surface area contributed by atoms with E-state index in [0.717, 1.165) is 65.2 Å².